The Morgan fingerprint density at radius 2 is 1.79 bits per heavy atom. The number of hydrazone groups is 2. The Balaban J connectivity index is 1.61. The van der Waals surface area contributed by atoms with Gasteiger partial charge in [0.05, 0.1) is 11.4 Å². The SMILES string of the molecule is CC1=NN(c2ccc(C)c(C)c2)C(=O)C1N=Nc1cccc(-c2cccc(/C(N)=N/N)c2)c1O. The van der Waals surface area contributed by atoms with Crippen molar-refractivity contribution in [3.05, 3.63) is 77.4 Å². The summed E-state index contributed by atoms with van der Waals surface area (Å²) in [5, 5.41) is 28.5. The van der Waals surface area contributed by atoms with Gasteiger partial charge in [0, 0.05) is 11.1 Å². The first-order valence-corrected chi connectivity index (χ1v) is 10.6. The molecule has 1 aliphatic heterocycles. The Labute approximate surface area is 197 Å². The number of amidine groups is 1. The third kappa shape index (κ3) is 4.23. The Morgan fingerprint density at radius 3 is 2.53 bits per heavy atom. The lowest BCUT2D eigenvalue weighted by molar-refractivity contribution is -0.117. The van der Waals surface area contributed by atoms with Gasteiger partial charge in [-0.1, -0.05) is 36.4 Å². The zero-order valence-electron chi connectivity index (χ0n) is 19.1. The minimum atomic E-state index is -0.867. The van der Waals surface area contributed by atoms with Crippen LogP contribution in [0.1, 0.15) is 23.6 Å². The third-order valence-electron chi connectivity index (χ3n) is 5.74. The van der Waals surface area contributed by atoms with Crippen molar-refractivity contribution in [2.45, 2.75) is 26.8 Å². The van der Waals surface area contributed by atoms with Crippen molar-refractivity contribution in [1.82, 2.24) is 0 Å². The number of aryl methyl sites for hydroxylation is 2. The average Bonchev–Trinajstić information content (AvgIpc) is 3.12. The zero-order valence-corrected chi connectivity index (χ0v) is 19.1. The highest BCUT2D eigenvalue weighted by atomic mass is 16.3. The summed E-state index contributed by atoms with van der Waals surface area (Å²) >= 11 is 0. The number of para-hydroxylation sites is 1. The van der Waals surface area contributed by atoms with Crippen LogP contribution < -0.4 is 16.6 Å². The predicted octanol–water partition coefficient (Wildman–Crippen LogP) is 4.13. The van der Waals surface area contributed by atoms with E-state index in [0.29, 0.717) is 28.1 Å². The number of aromatic hydroxyl groups is 1. The molecule has 5 N–H and O–H groups in total. The van der Waals surface area contributed by atoms with Gasteiger partial charge in [-0.3, -0.25) is 4.79 Å². The fourth-order valence-corrected chi connectivity index (χ4v) is 3.62. The Bertz CT molecular complexity index is 1360. The maximum Gasteiger partial charge on any atom is 0.280 e. The number of phenols is 1. The highest BCUT2D eigenvalue weighted by Gasteiger charge is 2.35. The number of carbonyl (C=O) groups is 1. The van der Waals surface area contributed by atoms with Crippen LogP contribution in [0.25, 0.3) is 11.1 Å². The summed E-state index contributed by atoms with van der Waals surface area (Å²) in [6.07, 6.45) is 0. The highest BCUT2D eigenvalue weighted by Crippen LogP contribution is 2.38. The maximum atomic E-state index is 13.0. The van der Waals surface area contributed by atoms with Crippen LogP contribution in [0.15, 0.2) is 81.1 Å². The van der Waals surface area contributed by atoms with Gasteiger partial charge in [0.1, 0.15) is 11.5 Å². The van der Waals surface area contributed by atoms with E-state index in [1.54, 1.807) is 43.3 Å². The van der Waals surface area contributed by atoms with Crippen molar-refractivity contribution in [3.63, 3.8) is 0 Å². The van der Waals surface area contributed by atoms with Crippen LogP contribution >= 0.6 is 0 Å². The number of benzene rings is 3. The standard InChI is InChI=1S/C25H25N7O2/c1-14-10-11-19(12-15(14)2)32-25(34)22(16(3)31-32)30-29-21-9-5-8-20(23(21)33)17-6-4-7-18(13-17)24(26)28-27/h4-13,22,33H,27H2,1-3H3,(H2,26,28). The van der Waals surface area contributed by atoms with Gasteiger partial charge in [-0.25, -0.2) is 0 Å². The van der Waals surface area contributed by atoms with E-state index in [1.165, 1.54) is 5.01 Å². The van der Waals surface area contributed by atoms with Crippen molar-refractivity contribution >= 4 is 28.8 Å². The average molecular weight is 456 g/mol. The van der Waals surface area contributed by atoms with Crippen LogP contribution in [-0.2, 0) is 4.79 Å². The molecule has 9 nitrogen and oxygen atoms in total. The third-order valence-corrected chi connectivity index (χ3v) is 5.74. The van der Waals surface area contributed by atoms with Crippen LogP contribution in [0.4, 0.5) is 11.4 Å². The number of nitrogens with two attached hydrogens (primary N) is 2. The van der Waals surface area contributed by atoms with Gasteiger partial charge in [-0.05, 0) is 61.7 Å². The van der Waals surface area contributed by atoms with E-state index in [1.807, 2.05) is 38.1 Å². The van der Waals surface area contributed by atoms with E-state index in [0.717, 1.165) is 11.1 Å². The van der Waals surface area contributed by atoms with E-state index in [2.05, 4.69) is 20.4 Å². The summed E-state index contributed by atoms with van der Waals surface area (Å²) in [5.74, 6) is 5.08. The Hall–Kier alpha value is -4.53. The second-order valence-electron chi connectivity index (χ2n) is 8.05. The molecular formula is C25H25N7O2. The van der Waals surface area contributed by atoms with Gasteiger partial charge in [0.15, 0.2) is 11.8 Å². The molecule has 3 aromatic rings. The molecule has 1 amide bonds. The monoisotopic (exact) mass is 455 g/mol. The van der Waals surface area contributed by atoms with Crippen LogP contribution in [0.5, 0.6) is 5.75 Å². The molecule has 1 unspecified atom stereocenters. The molecule has 3 aromatic carbocycles. The Morgan fingerprint density at radius 1 is 1.03 bits per heavy atom. The van der Waals surface area contributed by atoms with E-state index < -0.39 is 6.04 Å². The number of phenolic OH excluding ortho intramolecular Hbond substituents is 1. The molecule has 1 heterocycles. The lowest BCUT2D eigenvalue weighted by Crippen LogP contribution is -2.29. The van der Waals surface area contributed by atoms with Gasteiger partial charge >= 0.3 is 0 Å². The van der Waals surface area contributed by atoms with Crippen molar-refractivity contribution in [2.75, 3.05) is 5.01 Å². The number of rotatable bonds is 5. The first-order chi connectivity index (χ1) is 16.3. The number of amides is 1. The molecule has 0 spiro atoms. The van der Waals surface area contributed by atoms with Crippen LogP contribution in [-0.4, -0.2) is 28.6 Å². The quantitative estimate of drug-likeness (QED) is 0.175. The molecular weight excluding hydrogens is 430 g/mol. The summed E-state index contributed by atoms with van der Waals surface area (Å²) < 4.78 is 0. The normalized spacial score (nSPS) is 16.4. The van der Waals surface area contributed by atoms with Crippen molar-refractivity contribution in [3.8, 4) is 16.9 Å². The zero-order chi connectivity index (χ0) is 24.4. The lowest BCUT2D eigenvalue weighted by atomic mass is 10.0. The molecule has 34 heavy (non-hydrogen) atoms. The first-order valence-electron chi connectivity index (χ1n) is 10.6. The smallest absolute Gasteiger partial charge is 0.280 e. The Kier molecular flexibility index (Phi) is 6.09. The molecule has 0 bridgehead atoms. The molecule has 0 saturated carbocycles. The van der Waals surface area contributed by atoms with Gasteiger partial charge in [0.2, 0.25) is 0 Å². The molecule has 0 aromatic heterocycles. The molecule has 9 heteroatoms. The van der Waals surface area contributed by atoms with Crippen molar-refractivity contribution < 1.29 is 9.90 Å². The molecule has 4 rings (SSSR count). The van der Waals surface area contributed by atoms with E-state index in [9.17, 15) is 9.90 Å². The first kappa shape index (κ1) is 22.7. The van der Waals surface area contributed by atoms with E-state index in [4.69, 9.17) is 11.6 Å². The van der Waals surface area contributed by atoms with Gasteiger partial charge in [-0.15, -0.1) is 0 Å². The second-order valence-corrected chi connectivity index (χ2v) is 8.05. The fourth-order valence-electron chi connectivity index (χ4n) is 3.62. The van der Waals surface area contributed by atoms with Gasteiger partial charge < -0.3 is 16.7 Å². The topological polar surface area (TPSA) is 142 Å². The number of hydrogen-bond acceptors (Lipinski definition) is 7. The summed E-state index contributed by atoms with van der Waals surface area (Å²) in [4.78, 5) is 13.0. The molecule has 0 radical (unpaired) electrons. The summed E-state index contributed by atoms with van der Waals surface area (Å²) in [5.41, 5.74) is 11.3. The molecule has 0 fully saturated rings. The summed E-state index contributed by atoms with van der Waals surface area (Å²) in [7, 11) is 0. The number of carbonyl (C=O) groups excluding carboxylic acids is 1. The summed E-state index contributed by atoms with van der Waals surface area (Å²) in [6, 6.07) is 17.1. The van der Waals surface area contributed by atoms with Crippen molar-refractivity contribution in [1.29, 1.82) is 0 Å². The number of azo groups is 1. The largest absolute Gasteiger partial charge is 0.505 e. The molecule has 0 aliphatic carbocycles. The number of hydrogen-bond donors (Lipinski definition) is 3. The highest BCUT2D eigenvalue weighted by molar-refractivity contribution is 6.18. The maximum absolute atomic E-state index is 13.0. The van der Waals surface area contributed by atoms with Gasteiger partial charge in [0.25, 0.3) is 5.91 Å². The second kappa shape index (κ2) is 9.14. The molecule has 172 valence electrons. The van der Waals surface area contributed by atoms with E-state index >= 15 is 0 Å². The molecule has 0 saturated heterocycles. The molecule has 1 atom stereocenters. The van der Waals surface area contributed by atoms with Gasteiger partial charge in [-0.2, -0.15) is 25.4 Å². The minimum absolute atomic E-state index is 0.0716. The van der Waals surface area contributed by atoms with E-state index in [-0.39, 0.29) is 23.2 Å². The lowest BCUT2D eigenvalue weighted by Gasteiger charge is -2.14. The fraction of sp³-hybridized carbons (Fsp3) is 0.160. The molecule has 1 aliphatic rings. The summed E-state index contributed by atoms with van der Waals surface area (Å²) in [6.45, 7) is 5.72. The van der Waals surface area contributed by atoms with Crippen LogP contribution in [0.3, 0.4) is 0 Å². The number of anilines is 1. The minimum Gasteiger partial charge on any atom is -0.505 e. The van der Waals surface area contributed by atoms with Crippen molar-refractivity contribution in [2.24, 2.45) is 32.0 Å². The van der Waals surface area contributed by atoms with Crippen LogP contribution in [0.2, 0.25) is 0 Å². The van der Waals surface area contributed by atoms with Crippen LogP contribution in [0, 0.1) is 13.8 Å². The number of nitrogens with zero attached hydrogens (tertiary/aromatic N) is 5. The predicted molar refractivity (Wildman–Crippen MR) is 133 cm³/mol.